The van der Waals surface area contributed by atoms with Gasteiger partial charge in [0.2, 0.25) is 0 Å². The van der Waals surface area contributed by atoms with E-state index in [1.54, 1.807) is 6.07 Å². The third kappa shape index (κ3) is 2.74. The van der Waals surface area contributed by atoms with Gasteiger partial charge >= 0.3 is 0 Å². The standard InChI is InChI=1S/C16H13F2N3/c17-12-7-11(8-13(18)9-12)16(21-19)15-6-5-10-3-1-2-4-14(10)20-15/h1-9,16,21H,19H2. The van der Waals surface area contributed by atoms with Crippen LogP contribution in [0.4, 0.5) is 8.78 Å². The Labute approximate surface area is 120 Å². The number of aromatic nitrogens is 1. The lowest BCUT2D eigenvalue weighted by molar-refractivity contribution is 0.563. The van der Waals surface area contributed by atoms with Crippen LogP contribution >= 0.6 is 0 Å². The van der Waals surface area contributed by atoms with Crippen molar-refractivity contribution in [2.45, 2.75) is 6.04 Å². The Bertz CT molecular complexity index is 769. The highest BCUT2D eigenvalue weighted by Gasteiger charge is 2.16. The van der Waals surface area contributed by atoms with Gasteiger partial charge in [-0.15, -0.1) is 0 Å². The maximum Gasteiger partial charge on any atom is 0.126 e. The zero-order valence-corrected chi connectivity index (χ0v) is 11.1. The van der Waals surface area contributed by atoms with Gasteiger partial charge in [-0.2, -0.15) is 0 Å². The molecule has 0 bridgehead atoms. The van der Waals surface area contributed by atoms with Gasteiger partial charge in [0, 0.05) is 11.5 Å². The molecule has 106 valence electrons. The molecule has 0 aliphatic rings. The number of fused-ring (bicyclic) bond motifs is 1. The molecule has 1 aromatic heterocycles. The average molecular weight is 285 g/mol. The fourth-order valence-corrected chi connectivity index (χ4v) is 2.34. The molecule has 0 spiro atoms. The second-order valence-electron chi connectivity index (χ2n) is 4.73. The van der Waals surface area contributed by atoms with E-state index in [1.807, 2.05) is 30.3 Å². The van der Waals surface area contributed by atoms with Crippen molar-refractivity contribution in [1.29, 1.82) is 0 Å². The number of para-hydroxylation sites is 1. The van der Waals surface area contributed by atoms with E-state index in [1.165, 1.54) is 12.1 Å². The minimum absolute atomic E-state index is 0.387. The van der Waals surface area contributed by atoms with Crippen molar-refractivity contribution in [2.24, 2.45) is 5.84 Å². The van der Waals surface area contributed by atoms with Gasteiger partial charge in [-0.05, 0) is 29.8 Å². The number of hydrogen-bond acceptors (Lipinski definition) is 3. The quantitative estimate of drug-likeness (QED) is 0.574. The molecule has 21 heavy (non-hydrogen) atoms. The van der Waals surface area contributed by atoms with Gasteiger partial charge in [-0.3, -0.25) is 10.8 Å². The van der Waals surface area contributed by atoms with Crippen molar-refractivity contribution in [2.75, 3.05) is 0 Å². The van der Waals surface area contributed by atoms with Crippen LogP contribution in [0.15, 0.2) is 54.6 Å². The molecule has 1 heterocycles. The van der Waals surface area contributed by atoms with Crippen LogP contribution in [0.3, 0.4) is 0 Å². The maximum atomic E-state index is 13.4. The van der Waals surface area contributed by atoms with Crippen molar-refractivity contribution >= 4 is 10.9 Å². The summed E-state index contributed by atoms with van der Waals surface area (Å²) in [6, 6.07) is 14.0. The SMILES string of the molecule is NNC(c1cc(F)cc(F)c1)c1ccc2ccccc2n1. The highest BCUT2D eigenvalue weighted by atomic mass is 19.1. The number of pyridine rings is 1. The van der Waals surface area contributed by atoms with Crippen LogP contribution < -0.4 is 11.3 Å². The van der Waals surface area contributed by atoms with E-state index >= 15 is 0 Å². The summed E-state index contributed by atoms with van der Waals surface area (Å²) < 4.78 is 26.7. The second kappa shape index (κ2) is 5.55. The molecule has 0 aliphatic carbocycles. The normalized spacial score (nSPS) is 12.5. The largest absolute Gasteiger partial charge is 0.271 e. The fraction of sp³-hybridized carbons (Fsp3) is 0.0625. The van der Waals surface area contributed by atoms with Gasteiger partial charge in [0.1, 0.15) is 11.6 Å². The number of rotatable bonds is 3. The molecular weight excluding hydrogens is 272 g/mol. The van der Waals surface area contributed by atoms with Crippen LogP contribution in [-0.4, -0.2) is 4.98 Å². The van der Waals surface area contributed by atoms with Crippen LogP contribution in [0, 0.1) is 11.6 Å². The Morgan fingerprint density at radius 3 is 2.38 bits per heavy atom. The Morgan fingerprint density at radius 1 is 0.952 bits per heavy atom. The van der Waals surface area contributed by atoms with E-state index in [-0.39, 0.29) is 0 Å². The third-order valence-corrected chi connectivity index (χ3v) is 3.30. The molecular formula is C16H13F2N3. The van der Waals surface area contributed by atoms with E-state index in [4.69, 9.17) is 5.84 Å². The number of hydrogen-bond donors (Lipinski definition) is 2. The summed E-state index contributed by atoms with van der Waals surface area (Å²) in [5.41, 5.74) is 4.34. The van der Waals surface area contributed by atoms with Crippen molar-refractivity contribution in [3.63, 3.8) is 0 Å². The summed E-state index contributed by atoms with van der Waals surface area (Å²) in [4.78, 5) is 4.49. The molecule has 3 N–H and O–H groups in total. The number of nitrogens with one attached hydrogen (secondary N) is 1. The molecule has 1 atom stereocenters. The Kier molecular flexibility index (Phi) is 3.60. The van der Waals surface area contributed by atoms with E-state index in [2.05, 4.69) is 10.4 Å². The lowest BCUT2D eigenvalue weighted by Crippen LogP contribution is -2.29. The van der Waals surface area contributed by atoms with Gasteiger partial charge in [0.05, 0.1) is 17.3 Å². The van der Waals surface area contributed by atoms with Crippen molar-refractivity contribution in [1.82, 2.24) is 10.4 Å². The molecule has 0 saturated carbocycles. The Balaban J connectivity index is 2.08. The minimum atomic E-state index is -0.647. The minimum Gasteiger partial charge on any atom is -0.271 e. The Morgan fingerprint density at radius 2 is 1.67 bits per heavy atom. The van der Waals surface area contributed by atoms with Crippen LogP contribution in [0.2, 0.25) is 0 Å². The van der Waals surface area contributed by atoms with Crippen molar-refractivity contribution in [3.8, 4) is 0 Å². The lowest BCUT2D eigenvalue weighted by atomic mass is 10.0. The number of nitrogens with zero attached hydrogens (tertiary/aromatic N) is 1. The predicted molar refractivity (Wildman–Crippen MR) is 77.3 cm³/mol. The zero-order valence-electron chi connectivity index (χ0n) is 11.1. The summed E-state index contributed by atoms with van der Waals surface area (Å²) in [6.07, 6.45) is 0. The van der Waals surface area contributed by atoms with Gasteiger partial charge in [0.25, 0.3) is 0 Å². The molecule has 0 aliphatic heterocycles. The molecule has 1 unspecified atom stereocenters. The smallest absolute Gasteiger partial charge is 0.126 e. The van der Waals surface area contributed by atoms with E-state index in [0.29, 0.717) is 11.3 Å². The summed E-state index contributed by atoms with van der Waals surface area (Å²) in [5, 5.41) is 0.988. The van der Waals surface area contributed by atoms with Crippen LogP contribution in [-0.2, 0) is 0 Å². The highest BCUT2D eigenvalue weighted by molar-refractivity contribution is 5.78. The van der Waals surface area contributed by atoms with E-state index in [9.17, 15) is 8.78 Å². The summed E-state index contributed by atoms with van der Waals surface area (Å²) in [6.45, 7) is 0. The molecule has 5 heteroatoms. The zero-order chi connectivity index (χ0) is 14.8. The summed E-state index contributed by atoms with van der Waals surface area (Å²) in [7, 11) is 0. The topological polar surface area (TPSA) is 50.9 Å². The van der Waals surface area contributed by atoms with Crippen molar-refractivity contribution in [3.05, 3.63) is 77.5 Å². The van der Waals surface area contributed by atoms with Crippen LogP contribution in [0.5, 0.6) is 0 Å². The van der Waals surface area contributed by atoms with Gasteiger partial charge < -0.3 is 0 Å². The highest BCUT2D eigenvalue weighted by Crippen LogP contribution is 2.23. The number of benzene rings is 2. The monoisotopic (exact) mass is 285 g/mol. The van der Waals surface area contributed by atoms with Crippen molar-refractivity contribution < 1.29 is 8.78 Å². The first kappa shape index (κ1) is 13.6. The van der Waals surface area contributed by atoms with Gasteiger partial charge in [0.15, 0.2) is 0 Å². The van der Waals surface area contributed by atoms with Gasteiger partial charge in [-0.1, -0.05) is 24.3 Å². The second-order valence-corrected chi connectivity index (χ2v) is 4.73. The fourth-order valence-electron chi connectivity index (χ4n) is 2.34. The summed E-state index contributed by atoms with van der Waals surface area (Å²) in [5.74, 6) is 4.25. The average Bonchev–Trinajstić information content (AvgIpc) is 2.47. The number of halogens is 2. The van der Waals surface area contributed by atoms with Crippen LogP contribution in [0.25, 0.3) is 10.9 Å². The molecule has 3 rings (SSSR count). The molecule has 0 radical (unpaired) electrons. The van der Waals surface area contributed by atoms with E-state index < -0.39 is 17.7 Å². The molecule has 3 nitrogen and oxygen atoms in total. The predicted octanol–water partition coefficient (Wildman–Crippen LogP) is 3.07. The van der Waals surface area contributed by atoms with Gasteiger partial charge in [-0.25, -0.2) is 14.2 Å². The molecule has 0 fully saturated rings. The van der Waals surface area contributed by atoms with Crippen LogP contribution in [0.1, 0.15) is 17.3 Å². The third-order valence-electron chi connectivity index (χ3n) is 3.30. The lowest BCUT2D eigenvalue weighted by Gasteiger charge is -2.16. The molecule has 3 aromatic rings. The van der Waals surface area contributed by atoms with E-state index in [0.717, 1.165) is 17.0 Å². The first-order valence-electron chi connectivity index (χ1n) is 6.45. The summed E-state index contributed by atoms with van der Waals surface area (Å²) >= 11 is 0. The maximum absolute atomic E-state index is 13.4. The molecule has 0 saturated heterocycles. The molecule has 2 aromatic carbocycles. The number of nitrogens with two attached hydrogens (primary N) is 1. The Hall–Kier alpha value is -2.37. The first-order chi connectivity index (χ1) is 10.2. The first-order valence-corrected chi connectivity index (χ1v) is 6.45. The number of hydrazine groups is 1. The molecule has 0 amide bonds.